The molecular formula is C9H12N2O4. The van der Waals surface area contributed by atoms with E-state index in [1.165, 1.54) is 25.3 Å². The maximum absolute atomic E-state index is 11.7. The fraction of sp³-hybridized carbons (Fsp3) is 0.444. The van der Waals surface area contributed by atoms with E-state index in [9.17, 15) is 9.59 Å². The lowest BCUT2D eigenvalue weighted by atomic mass is 10.2. The lowest BCUT2D eigenvalue weighted by Crippen LogP contribution is -2.32. The monoisotopic (exact) mass is 212 g/mol. The molecule has 0 aliphatic rings. The first-order valence-electron chi connectivity index (χ1n) is 4.29. The van der Waals surface area contributed by atoms with Gasteiger partial charge in [0.15, 0.2) is 0 Å². The van der Waals surface area contributed by atoms with Gasteiger partial charge in [0.05, 0.1) is 13.3 Å². The summed E-state index contributed by atoms with van der Waals surface area (Å²) in [5, 5.41) is 3.49. The van der Waals surface area contributed by atoms with Crippen molar-refractivity contribution in [1.82, 2.24) is 10.1 Å². The molecule has 0 spiro atoms. The molecule has 0 saturated carbocycles. The number of esters is 1. The second-order valence-corrected chi connectivity index (χ2v) is 3.08. The minimum atomic E-state index is -0.483. The van der Waals surface area contributed by atoms with Crippen molar-refractivity contribution in [1.29, 1.82) is 0 Å². The molecule has 6 nitrogen and oxygen atoms in total. The molecule has 15 heavy (non-hydrogen) atoms. The van der Waals surface area contributed by atoms with E-state index < -0.39 is 11.9 Å². The lowest BCUT2D eigenvalue weighted by Gasteiger charge is -2.13. The zero-order valence-corrected chi connectivity index (χ0v) is 8.81. The summed E-state index contributed by atoms with van der Waals surface area (Å²) >= 11 is 0. The minimum absolute atomic E-state index is 0.116. The maximum Gasteiger partial charge on any atom is 0.325 e. The fourth-order valence-corrected chi connectivity index (χ4v) is 1.000. The van der Waals surface area contributed by atoms with Crippen molar-refractivity contribution in [2.75, 3.05) is 20.7 Å². The second kappa shape index (κ2) is 4.59. The first-order valence-corrected chi connectivity index (χ1v) is 4.29. The molecule has 6 heteroatoms. The van der Waals surface area contributed by atoms with Crippen LogP contribution in [0.3, 0.4) is 0 Å². The molecule has 1 amide bonds. The van der Waals surface area contributed by atoms with Crippen LogP contribution in [0.4, 0.5) is 0 Å². The number of hydrogen-bond acceptors (Lipinski definition) is 5. The number of carbonyl (C=O) groups excluding carboxylic acids is 2. The highest BCUT2D eigenvalue weighted by molar-refractivity contribution is 5.94. The molecule has 1 rings (SSSR count). The highest BCUT2D eigenvalue weighted by Crippen LogP contribution is 2.08. The quantitative estimate of drug-likeness (QED) is 0.670. The SMILES string of the molecule is COC(=O)CN(C)C(=O)c1oncc1C. The van der Waals surface area contributed by atoms with Crippen molar-refractivity contribution < 1.29 is 18.8 Å². The summed E-state index contributed by atoms with van der Waals surface area (Å²) in [4.78, 5) is 23.8. The summed E-state index contributed by atoms with van der Waals surface area (Å²) in [6.07, 6.45) is 1.44. The number of likely N-dealkylation sites (N-methyl/N-ethyl adjacent to an activating group) is 1. The third kappa shape index (κ3) is 2.55. The van der Waals surface area contributed by atoms with Crippen molar-refractivity contribution in [3.05, 3.63) is 17.5 Å². The van der Waals surface area contributed by atoms with E-state index >= 15 is 0 Å². The molecule has 0 aliphatic carbocycles. The number of ether oxygens (including phenoxy) is 1. The normalized spacial score (nSPS) is 9.80. The lowest BCUT2D eigenvalue weighted by molar-refractivity contribution is -0.141. The Morgan fingerprint density at radius 3 is 2.73 bits per heavy atom. The van der Waals surface area contributed by atoms with Crippen molar-refractivity contribution in [2.24, 2.45) is 0 Å². The van der Waals surface area contributed by atoms with Crippen LogP contribution < -0.4 is 0 Å². The molecule has 0 N–H and O–H groups in total. The van der Waals surface area contributed by atoms with Crippen molar-refractivity contribution >= 4 is 11.9 Å². The Bertz CT molecular complexity index is 372. The summed E-state index contributed by atoms with van der Waals surface area (Å²) in [7, 11) is 2.75. The number of amides is 1. The number of methoxy groups -OCH3 is 1. The van der Waals surface area contributed by atoms with Crippen LogP contribution in [0.2, 0.25) is 0 Å². The standard InChI is InChI=1S/C9H12N2O4/c1-6-4-10-15-8(6)9(13)11(2)5-7(12)14-3/h4H,5H2,1-3H3. The van der Waals surface area contributed by atoms with Crippen molar-refractivity contribution in [3.63, 3.8) is 0 Å². The third-order valence-electron chi connectivity index (χ3n) is 1.88. The minimum Gasteiger partial charge on any atom is -0.468 e. The smallest absolute Gasteiger partial charge is 0.325 e. The Morgan fingerprint density at radius 2 is 2.27 bits per heavy atom. The van der Waals surface area contributed by atoms with Gasteiger partial charge in [-0.05, 0) is 6.92 Å². The van der Waals surface area contributed by atoms with Gasteiger partial charge in [0, 0.05) is 12.6 Å². The van der Waals surface area contributed by atoms with Crippen molar-refractivity contribution in [3.8, 4) is 0 Å². The first kappa shape index (κ1) is 11.2. The van der Waals surface area contributed by atoms with Gasteiger partial charge in [-0.2, -0.15) is 0 Å². The van der Waals surface area contributed by atoms with E-state index in [-0.39, 0.29) is 12.3 Å². The fourth-order valence-electron chi connectivity index (χ4n) is 1.000. The van der Waals surface area contributed by atoms with Gasteiger partial charge in [0.2, 0.25) is 5.76 Å². The van der Waals surface area contributed by atoms with Gasteiger partial charge in [-0.15, -0.1) is 0 Å². The molecule has 0 aromatic carbocycles. The van der Waals surface area contributed by atoms with E-state index in [0.717, 1.165) is 0 Å². The zero-order valence-electron chi connectivity index (χ0n) is 8.81. The Balaban J connectivity index is 2.69. The van der Waals surface area contributed by atoms with Gasteiger partial charge in [0.1, 0.15) is 6.54 Å². The van der Waals surface area contributed by atoms with E-state index in [1.54, 1.807) is 6.92 Å². The molecule has 0 atom stereocenters. The maximum atomic E-state index is 11.7. The average Bonchev–Trinajstić information content (AvgIpc) is 2.63. The highest BCUT2D eigenvalue weighted by Gasteiger charge is 2.20. The molecule has 1 aromatic rings. The molecule has 82 valence electrons. The molecular weight excluding hydrogens is 200 g/mol. The number of aryl methyl sites for hydroxylation is 1. The first-order chi connectivity index (χ1) is 7.06. The highest BCUT2D eigenvalue weighted by atomic mass is 16.5. The van der Waals surface area contributed by atoms with E-state index in [1.807, 2.05) is 0 Å². The predicted molar refractivity (Wildman–Crippen MR) is 50.2 cm³/mol. The molecule has 0 saturated heterocycles. The summed E-state index contributed by atoms with van der Waals surface area (Å²) in [6.45, 7) is 1.59. The summed E-state index contributed by atoms with van der Waals surface area (Å²) < 4.78 is 9.21. The van der Waals surface area contributed by atoms with Gasteiger partial charge in [-0.3, -0.25) is 9.59 Å². The average molecular weight is 212 g/mol. The number of nitrogens with zero attached hydrogens (tertiary/aromatic N) is 2. The molecule has 0 aliphatic heterocycles. The summed E-state index contributed by atoms with van der Waals surface area (Å²) in [5.41, 5.74) is 0.636. The summed E-state index contributed by atoms with van der Waals surface area (Å²) in [6, 6.07) is 0. The predicted octanol–water partition coefficient (Wildman–Crippen LogP) is 0.228. The van der Waals surface area contributed by atoms with Crippen LogP contribution in [0.1, 0.15) is 16.1 Å². The van der Waals surface area contributed by atoms with E-state index in [0.29, 0.717) is 5.56 Å². The van der Waals surface area contributed by atoms with Crippen LogP contribution in [0, 0.1) is 6.92 Å². The molecule has 0 radical (unpaired) electrons. The molecule has 0 unspecified atom stereocenters. The van der Waals surface area contributed by atoms with Crippen LogP contribution in [0.15, 0.2) is 10.7 Å². The Kier molecular flexibility index (Phi) is 3.43. The van der Waals surface area contributed by atoms with Gasteiger partial charge >= 0.3 is 5.97 Å². The molecule has 1 aromatic heterocycles. The van der Waals surface area contributed by atoms with Crippen molar-refractivity contribution in [2.45, 2.75) is 6.92 Å². The number of aromatic nitrogens is 1. The molecule has 0 bridgehead atoms. The van der Waals surface area contributed by atoms with Crippen LogP contribution in [0.5, 0.6) is 0 Å². The Morgan fingerprint density at radius 1 is 1.60 bits per heavy atom. The topological polar surface area (TPSA) is 72.6 Å². The summed E-state index contributed by atoms with van der Waals surface area (Å²) in [5.74, 6) is -0.736. The van der Waals surface area contributed by atoms with Crippen LogP contribution in [-0.2, 0) is 9.53 Å². The van der Waals surface area contributed by atoms with Gasteiger partial charge in [-0.1, -0.05) is 5.16 Å². The number of carbonyl (C=O) groups is 2. The third-order valence-corrected chi connectivity index (χ3v) is 1.88. The van der Waals surface area contributed by atoms with Crippen LogP contribution in [-0.4, -0.2) is 42.6 Å². The second-order valence-electron chi connectivity index (χ2n) is 3.08. The van der Waals surface area contributed by atoms with Gasteiger partial charge < -0.3 is 14.2 Å². The van der Waals surface area contributed by atoms with E-state index in [4.69, 9.17) is 4.52 Å². The zero-order chi connectivity index (χ0) is 11.4. The van der Waals surface area contributed by atoms with Gasteiger partial charge in [0.25, 0.3) is 5.91 Å². The Labute approximate surface area is 86.8 Å². The molecule has 0 fully saturated rings. The van der Waals surface area contributed by atoms with Crippen LogP contribution >= 0.6 is 0 Å². The Hall–Kier alpha value is -1.85. The largest absolute Gasteiger partial charge is 0.468 e. The molecule has 1 heterocycles. The number of hydrogen-bond donors (Lipinski definition) is 0. The van der Waals surface area contributed by atoms with Gasteiger partial charge in [-0.25, -0.2) is 0 Å². The van der Waals surface area contributed by atoms with E-state index in [2.05, 4.69) is 9.89 Å². The number of rotatable bonds is 3. The van der Waals surface area contributed by atoms with Crippen LogP contribution in [0.25, 0.3) is 0 Å².